The van der Waals surface area contributed by atoms with Crippen molar-refractivity contribution >= 4 is 27.0 Å². The summed E-state index contributed by atoms with van der Waals surface area (Å²) in [7, 11) is -0.877. The Morgan fingerprint density at radius 3 is 2.72 bits per heavy atom. The number of sulfonamides is 1. The molecule has 0 aliphatic carbocycles. The number of aromatic nitrogens is 2. The molecule has 1 amide bonds. The van der Waals surface area contributed by atoms with Gasteiger partial charge in [-0.25, -0.2) is 18.1 Å². The lowest BCUT2D eigenvalue weighted by Gasteiger charge is -2.23. The number of hydrogen-bond donors (Lipinski definition) is 2. The lowest BCUT2D eigenvalue weighted by molar-refractivity contribution is -0.132. The molecular weight excluding hydrogens is 432 g/mol. The van der Waals surface area contributed by atoms with Gasteiger partial charge < -0.3 is 19.4 Å². The Morgan fingerprint density at radius 2 is 1.97 bits per heavy atom. The number of nitrogens with zero attached hydrogens (tertiary/aromatic N) is 2. The van der Waals surface area contributed by atoms with Crippen molar-refractivity contribution in [3.63, 3.8) is 0 Å². The summed E-state index contributed by atoms with van der Waals surface area (Å²) in [5.41, 5.74) is 1.80. The molecule has 4 rings (SSSR count). The summed E-state index contributed by atoms with van der Waals surface area (Å²) < 4.78 is 38.1. The molecule has 1 aliphatic heterocycles. The minimum atomic E-state index is -3.79. The molecule has 0 radical (unpaired) electrons. The Kier molecular flexibility index (Phi) is 6.33. The molecule has 1 fully saturated rings. The van der Waals surface area contributed by atoms with E-state index in [0.717, 1.165) is 29.7 Å². The Bertz CT molecular complexity index is 1190. The molecule has 9 nitrogen and oxygen atoms in total. The quantitative estimate of drug-likeness (QED) is 0.536. The predicted molar refractivity (Wildman–Crippen MR) is 119 cm³/mol. The summed E-state index contributed by atoms with van der Waals surface area (Å²) in [5, 5.41) is 0. The largest absolute Gasteiger partial charge is 0.493 e. The smallest absolute Gasteiger partial charge is 0.240 e. The van der Waals surface area contributed by atoms with Gasteiger partial charge in [0.1, 0.15) is 5.82 Å². The number of likely N-dealkylation sites (tertiary alicyclic amines) is 1. The molecule has 1 unspecified atom stereocenters. The number of amides is 1. The average Bonchev–Trinajstić information content (AvgIpc) is 3.45. The first-order valence-corrected chi connectivity index (χ1v) is 11.9. The van der Waals surface area contributed by atoms with E-state index in [4.69, 9.17) is 9.47 Å². The summed E-state index contributed by atoms with van der Waals surface area (Å²) in [6.07, 6.45) is 1.76. The van der Waals surface area contributed by atoms with E-state index in [-0.39, 0.29) is 29.8 Å². The number of H-pyrrole nitrogens is 1. The van der Waals surface area contributed by atoms with Crippen molar-refractivity contribution in [2.24, 2.45) is 0 Å². The van der Waals surface area contributed by atoms with E-state index in [2.05, 4.69) is 14.7 Å². The third-order valence-corrected chi connectivity index (χ3v) is 7.05. The molecule has 1 aliphatic rings. The van der Waals surface area contributed by atoms with Gasteiger partial charge in [-0.05, 0) is 37.1 Å². The Morgan fingerprint density at radius 1 is 1.19 bits per heavy atom. The highest BCUT2D eigenvalue weighted by Gasteiger charge is 2.32. The highest BCUT2D eigenvalue weighted by molar-refractivity contribution is 7.89. The van der Waals surface area contributed by atoms with Gasteiger partial charge in [-0.3, -0.25) is 4.79 Å². The minimum absolute atomic E-state index is 0.00113. The molecule has 0 bridgehead atoms. The van der Waals surface area contributed by atoms with Crippen LogP contribution < -0.4 is 14.2 Å². The number of methoxy groups -OCH3 is 2. The number of nitrogens with one attached hydrogen (secondary N) is 2. The molecular formula is C22H26N4O5S. The third-order valence-electron chi connectivity index (χ3n) is 5.59. The molecule has 1 atom stereocenters. The van der Waals surface area contributed by atoms with Crippen LogP contribution in [0.1, 0.15) is 31.1 Å². The maximum atomic E-state index is 12.9. The highest BCUT2D eigenvalue weighted by Crippen LogP contribution is 2.32. The topological polar surface area (TPSA) is 114 Å². The van der Waals surface area contributed by atoms with Gasteiger partial charge >= 0.3 is 0 Å². The van der Waals surface area contributed by atoms with Crippen molar-refractivity contribution in [2.75, 3.05) is 27.3 Å². The second-order valence-corrected chi connectivity index (χ2v) is 9.32. The minimum Gasteiger partial charge on any atom is -0.493 e. The number of aromatic amines is 1. The van der Waals surface area contributed by atoms with Crippen molar-refractivity contribution in [2.45, 2.75) is 30.2 Å². The van der Waals surface area contributed by atoms with Gasteiger partial charge in [0.25, 0.3) is 0 Å². The fourth-order valence-electron chi connectivity index (χ4n) is 3.98. The van der Waals surface area contributed by atoms with E-state index in [1.165, 1.54) is 32.4 Å². The van der Waals surface area contributed by atoms with Gasteiger partial charge in [-0.1, -0.05) is 12.1 Å². The normalized spacial score (nSPS) is 16.4. The molecule has 2 N–H and O–H groups in total. The molecule has 2 aromatic carbocycles. The number of benzene rings is 2. The van der Waals surface area contributed by atoms with E-state index in [0.29, 0.717) is 18.0 Å². The molecule has 1 aromatic heterocycles. The van der Waals surface area contributed by atoms with E-state index in [1.807, 2.05) is 24.3 Å². The van der Waals surface area contributed by atoms with E-state index >= 15 is 0 Å². The zero-order valence-electron chi connectivity index (χ0n) is 18.0. The third kappa shape index (κ3) is 4.42. The van der Waals surface area contributed by atoms with Crippen molar-refractivity contribution in [1.82, 2.24) is 19.6 Å². The van der Waals surface area contributed by atoms with E-state index in [9.17, 15) is 13.2 Å². The lowest BCUT2D eigenvalue weighted by Crippen LogP contribution is -2.34. The van der Waals surface area contributed by atoms with Crippen LogP contribution in [0.2, 0.25) is 0 Å². The molecule has 1 saturated heterocycles. The van der Waals surface area contributed by atoms with Gasteiger partial charge in [0.15, 0.2) is 11.5 Å². The number of imidazole rings is 1. The van der Waals surface area contributed by atoms with Crippen LogP contribution in [0.5, 0.6) is 11.5 Å². The molecule has 3 aromatic rings. The zero-order chi connectivity index (χ0) is 22.7. The summed E-state index contributed by atoms with van der Waals surface area (Å²) in [6, 6.07) is 12.0. The number of para-hydroxylation sites is 2. The van der Waals surface area contributed by atoms with Crippen LogP contribution in [0.3, 0.4) is 0 Å². The predicted octanol–water partition coefficient (Wildman–Crippen LogP) is 2.61. The molecule has 2 heterocycles. The van der Waals surface area contributed by atoms with Crippen molar-refractivity contribution in [3.8, 4) is 11.5 Å². The lowest BCUT2D eigenvalue weighted by atomic mass is 10.2. The molecule has 0 spiro atoms. The molecule has 32 heavy (non-hydrogen) atoms. The second-order valence-electron chi connectivity index (χ2n) is 7.55. The maximum absolute atomic E-state index is 12.9. The van der Waals surface area contributed by atoms with E-state index < -0.39 is 10.0 Å². The Hall–Kier alpha value is -3.11. The first kappa shape index (κ1) is 22.1. The average molecular weight is 459 g/mol. The van der Waals surface area contributed by atoms with Gasteiger partial charge in [0.2, 0.25) is 15.9 Å². The summed E-state index contributed by atoms with van der Waals surface area (Å²) in [4.78, 5) is 22.6. The van der Waals surface area contributed by atoms with Crippen LogP contribution in [-0.4, -0.2) is 56.5 Å². The van der Waals surface area contributed by atoms with Crippen LogP contribution in [0, 0.1) is 0 Å². The van der Waals surface area contributed by atoms with E-state index in [1.54, 1.807) is 4.90 Å². The van der Waals surface area contributed by atoms with Gasteiger partial charge in [-0.2, -0.15) is 0 Å². The van der Waals surface area contributed by atoms with Crippen LogP contribution in [0.4, 0.5) is 0 Å². The fourth-order valence-corrected chi connectivity index (χ4v) is 5.03. The standard InChI is InChI=1S/C22H26N4O5S/c1-30-19-10-9-15(14-20(19)31-2)32(28,29)23-12-11-21(27)26-13-5-8-18(26)22-24-16-6-3-4-7-17(16)25-22/h3-4,6-7,9-10,14,18,23H,5,8,11-13H2,1-2H3,(H,24,25). The number of carbonyl (C=O) groups is 1. The van der Waals surface area contributed by atoms with Gasteiger partial charge in [0, 0.05) is 25.6 Å². The second kappa shape index (κ2) is 9.17. The fraction of sp³-hybridized carbons (Fsp3) is 0.364. The van der Waals surface area contributed by atoms with Crippen LogP contribution in [-0.2, 0) is 14.8 Å². The highest BCUT2D eigenvalue weighted by atomic mass is 32.2. The summed E-state index contributed by atoms with van der Waals surface area (Å²) >= 11 is 0. The first-order valence-electron chi connectivity index (χ1n) is 10.4. The number of hydrogen-bond acceptors (Lipinski definition) is 6. The van der Waals surface area contributed by atoms with Crippen molar-refractivity contribution < 1.29 is 22.7 Å². The number of rotatable bonds is 8. The number of ether oxygens (including phenoxy) is 2. The monoisotopic (exact) mass is 458 g/mol. The number of fused-ring (bicyclic) bond motifs is 1. The van der Waals surface area contributed by atoms with Crippen LogP contribution in [0.25, 0.3) is 11.0 Å². The van der Waals surface area contributed by atoms with Crippen molar-refractivity contribution in [3.05, 3.63) is 48.3 Å². The summed E-state index contributed by atoms with van der Waals surface area (Å²) in [6.45, 7) is 0.627. The Balaban J connectivity index is 1.39. The summed E-state index contributed by atoms with van der Waals surface area (Å²) in [5.74, 6) is 1.41. The van der Waals surface area contributed by atoms with Gasteiger partial charge in [-0.15, -0.1) is 0 Å². The zero-order valence-corrected chi connectivity index (χ0v) is 18.8. The molecule has 0 saturated carbocycles. The van der Waals surface area contributed by atoms with Gasteiger partial charge in [0.05, 0.1) is 36.2 Å². The maximum Gasteiger partial charge on any atom is 0.240 e. The van der Waals surface area contributed by atoms with Crippen LogP contribution in [0.15, 0.2) is 47.4 Å². The first-order chi connectivity index (χ1) is 15.4. The molecule has 10 heteroatoms. The number of carbonyl (C=O) groups excluding carboxylic acids is 1. The molecule has 170 valence electrons. The Labute approximate surface area is 186 Å². The van der Waals surface area contributed by atoms with Crippen molar-refractivity contribution in [1.29, 1.82) is 0 Å². The SMILES string of the molecule is COc1ccc(S(=O)(=O)NCCC(=O)N2CCCC2c2nc3ccccc3[nH]2)cc1OC. The van der Waals surface area contributed by atoms with Crippen LogP contribution >= 0.6 is 0 Å².